The molecule has 0 aliphatic rings. The molecule has 0 nitrogen and oxygen atoms in total. The lowest BCUT2D eigenvalue weighted by Gasteiger charge is -1.76. The minimum absolute atomic E-state index is 0.774. The number of allylic oxidation sites excluding steroid dienone is 3. The molecule has 0 bridgehead atoms. The number of hydrogen-bond donors (Lipinski definition) is 0. The van der Waals surface area contributed by atoms with Crippen LogP contribution >= 0.6 is 0 Å². The molecule has 0 unspecified atom stereocenters. The standard InChI is InChI=1S/C6H7B/c1-3-4-5-6(2)7/h4-5H,1H2,2H3/b6-5+. The Bertz CT molecular complexity index is 112. The van der Waals surface area contributed by atoms with Crippen molar-refractivity contribution in [2.45, 2.75) is 6.92 Å². The van der Waals surface area contributed by atoms with E-state index in [0.29, 0.717) is 0 Å². The molecule has 2 radical (unpaired) electrons. The summed E-state index contributed by atoms with van der Waals surface area (Å²) < 4.78 is 0. The molecule has 34 valence electrons. The van der Waals surface area contributed by atoms with Gasteiger partial charge in [-0.15, -0.1) is 11.2 Å². The maximum Gasteiger partial charge on any atom is 0.107 e. The Balaban J connectivity index is 3.69. The van der Waals surface area contributed by atoms with Crippen molar-refractivity contribution in [3.05, 3.63) is 29.9 Å². The van der Waals surface area contributed by atoms with Crippen molar-refractivity contribution in [1.29, 1.82) is 0 Å². The first-order chi connectivity index (χ1) is 3.27. The maximum atomic E-state index is 5.24. The van der Waals surface area contributed by atoms with Crippen LogP contribution in [0.15, 0.2) is 29.9 Å². The molecule has 0 spiro atoms. The van der Waals surface area contributed by atoms with E-state index in [1.165, 1.54) is 0 Å². The van der Waals surface area contributed by atoms with E-state index >= 15 is 0 Å². The zero-order valence-corrected chi connectivity index (χ0v) is 4.44. The molecule has 0 fully saturated rings. The van der Waals surface area contributed by atoms with Gasteiger partial charge in [0, 0.05) is 0 Å². The molecule has 0 saturated carbocycles. The van der Waals surface area contributed by atoms with Gasteiger partial charge in [0.15, 0.2) is 0 Å². The molecule has 0 heterocycles. The second-order valence-electron chi connectivity index (χ2n) is 1.28. The first kappa shape index (κ1) is 6.32. The van der Waals surface area contributed by atoms with Gasteiger partial charge in [-0.3, -0.25) is 0 Å². The molecule has 0 saturated heterocycles. The van der Waals surface area contributed by atoms with Crippen LogP contribution < -0.4 is 0 Å². The zero-order chi connectivity index (χ0) is 5.70. The second-order valence-corrected chi connectivity index (χ2v) is 1.28. The van der Waals surface area contributed by atoms with E-state index in [1.807, 2.05) is 6.92 Å². The highest BCUT2D eigenvalue weighted by Gasteiger charge is 1.65. The molecule has 0 aromatic heterocycles. The summed E-state index contributed by atoms with van der Waals surface area (Å²) in [6, 6.07) is 0. The smallest absolute Gasteiger partial charge is 0.107 e. The van der Waals surface area contributed by atoms with E-state index in [4.69, 9.17) is 7.85 Å². The fraction of sp³-hybridized carbons (Fsp3) is 0.167. The fourth-order valence-electron chi connectivity index (χ4n) is 0.190. The van der Waals surface area contributed by atoms with Crippen molar-refractivity contribution >= 4 is 7.85 Å². The third-order valence-electron chi connectivity index (χ3n) is 0.464. The Labute approximate surface area is 45.6 Å². The molecular weight excluding hydrogens is 82.9 g/mol. The van der Waals surface area contributed by atoms with Crippen LogP contribution in [0.2, 0.25) is 0 Å². The van der Waals surface area contributed by atoms with Gasteiger partial charge in [-0.25, -0.2) is 0 Å². The van der Waals surface area contributed by atoms with Gasteiger partial charge in [0.1, 0.15) is 7.85 Å². The Kier molecular flexibility index (Phi) is 3.17. The molecule has 0 N–H and O–H groups in total. The lowest BCUT2D eigenvalue weighted by molar-refractivity contribution is 1.66. The van der Waals surface area contributed by atoms with Gasteiger partial charge in [-0.2, -0.15) is 0 Å². The van der Waals surface area contributed by atoms with Gasteiger partial charge < -0.3 is 0 Å². The Hall–Kier alpha value is -0.675. The average molecular weight is 89.9 g/mol. The normalized spacial score (nSPS) is 10.1. The Morgan fingerprint density at radius 2 is 2.43 bits per heavy atom. The minimum atomic E-state index is 0.774. The van der Waals surface area contributed by atoms with E-state index in [9.17, 15) is 0 Å². The number of rotatable bonds is 1. The summed E-state index contributed by atoms with van der Waals surface area (Å²) >= 11 is 0. The van der Waals surface area contributed by atoms with Crippen LogP contribution in [0.5, 0.6) is 0 Å². The summed E-state index contributed by atoms with van der Waals surface area (Å²) in [6.07, 6.45) is 3.42. The molecule has 0 aliphatic carbocycles. The molecule has 7 heavy (non-hydrogen) atoms. The van der Waals surface area contributed by atoms with Crippen LogP contribution in [0.25, 0.3) is 0 Å². The summed E-state index contributed by atoms with van der Waals surface area (Å²) in [7, 11) is 5.24. The highest BCUT2D eigenvalue weighted by atomic mass is 13.6. The van der Waals surface area contributed by atoms with Crippen LogP contribution in [-0.2, 0) is 0 Å². The van der Waals surface area contributed by atoms with Crippen molar-refractivity contribution in [3.63, 3.8) is 0 Å². The molecule has 0 aromatic rings. The van der Waals surface area contributed by atoms with E-state index in [2.05, 4.69) is 12.3 Å². The third kappa shape index (κ3) is 5.32. The molecule has 0 atom stereocenters. The predicted octanol–water partition coefficient (Wildman–Crippen LogP) is 1.40. The topological polar surface area (TPSA) is 0 Å². The predicted molar refractivity (Wildman–Crippen MR) is 33.2 cm³/mol. The average Bonchev–Trinajstić information content (AvgIpc) is 1.61. The van der Waals surface area contributed by atoms with E-state index < -0.39 is 0 Å². The van der Waals surface area contributed by atoms with Crippen molar-refractivity contribution in [2.24, 2.45) is 0 Å². The minimum Gasteiger partial charge on any atom is -0.129 e. The Morgan fingerprint density at radius 1 is 1.86 bits per heavy atom. The van der Waals surface area contributed by atoms with E-state index in [1.54, 1.807) is 12.2 Å². The fourth-order valence-corrected chi connectivity index (χ4v) is 0.190. The first-order valence-corrected chi connectivity index (χ1v) is 2.05. The molecule has 0 aliphatic heterocycles. The van der Waals surface area contributed by atoms with E-state index in [-0.39, 0.29) is 0 Å². The van der Waals surface area contributed by atoms with E-state index in [0.717, 1.165) is 5.47 Å². The molecule has 0 amide bonds. The van der Waals surface area contributed by atoms with Crippen molar-refractivity contribution in [2.75, 3.05) is 0 Å². The molecular formula is C6H7B. The highest BCUT2D eigenvalue weighted by molar-refractivity contribution is 6.21. The molecule has 0 aromatic carbocycles. The number of hydrogen-bond acceptors (Lipinski definition) is 0. The Morgan fingerprint density at radius 3 is 2.57 bits per heavy atom. The maximum absolute atomic E-state index is 5.24. The lowest BCUT2D eigenvalue weighted by Crippen LogP contribution is -1.64. The summed E-state index contributed by atoms with van der Waals surface area (Å²) in [5, 5.41) is 0. The van der Waals surface area contributed by atoms with Crippen molar-refractivity contribution in [1.82, 2.24) is 0 Å². The third-order valence-corrected chi connectivity index (χ3v) is 0.464. The summed E-state index contributed by atoms with van der Waals surface area (Å²) in [5.74, 6) is 0. The van der Waals surface area contributed by atoms with Crippen LogP contribution in [0.3, 0.4) is 0 Å². The van der Waals surface area contributed by atoms with Crippen molar-refractivity contribution < 1.29 is 0 Å². The van der Waals surface area contributed by atoms with Gasteiger partial charge in [0.2, 0.25) is 0 Å². The SMILES string of the molecule is [B]/C(C)=C/C=C=C. The van der Waals surface area contributed by atoms with Gasteiger partial charge in [0.25, 0.3) is 0 Å². The molecule has 1 heteroatoms. The van der Waals surface area contributed by atoms with Gasteiger partial charge in [-0.1, -0.05) is 19.6 Å². The van der Waals surface area contributed by atoms with Crippen LogP contribution in [0, 0.1) is 0 Å². The summed E-state index contributed by atoms with van der Waals surface area (Å²) in [6.45, 7) is 5.17. The van der Waals surface area contributed by atoms with Crippen LogP contribution in [0.4, 0.5) is 0 Å². The van der Waals surface area contributed by atoms with Crippen LogP contribution in [0.1, 0.15) is 6.92 Å². The highest BCUT2D eigenvalue weighted by Crippen LogP contribution is 1.80. The van der Waals surface area contributed by atoms with Gasteiger partial charge in [-0.05, 0) is 6.08 Å². The second kappa shape index (κ2) is 3.51. The lowest BCUT2D eigenvalue weighted by atomic mass is 9.98. The van der Waals surface area contributed by atoms with Crippen LogP contribution in [-0.4, -0.2) is 7.85 Å². The van der Waals surface area contributed by atoms with Gasteiger partial charge in [0.05, 0.1) is 0 Å². The van der Waals surface area contributed by atoms with Crippen molar-refractivity contribution in [3.8, 4) is 0 Å². The zero-order valence-electron chi connectivity index (χ0n) is 4.44. The van der Waals surface area contributed by atoms with Gasteiger partial charge >= 0.3 is 0 Å². The molecule has 0 rings (SSSR count). The quantitative estimate of drug-likeness (QED) is 0.259. The first-order valence-electron chi connectivity index (χ1n) is 2.05. The monoisotopic (exact) mass is 90.1 g/mol. The largest absolute Gasteiger partial charge is 0.129 e. The summed E-state index contributed by atoms with van der Waals surface area (Å²) in [4.78, 5) is 0. The summed E-state index contributed by atoms with van der Waals surface area (Å²) in [5.41, 5.74) is 3.34.